The maximum atomic E-state index is 11.6. The van der Waals surface area contributed by atoms with Crippen LogP contribution in [0.4, 0.5) is 5.82 Å². The second kappa shape index (κ2) is 4.14. The number of anilines is 1. The first-order valence-electron chi connectivity index (χ1n) is 4.90. The van der Waals surface area contributed by atoms with Crippen molar-refractivity contribution in [2.45, 2.75) is 0 Å². The summed E-state index contributed by atoms with van der Waals surface area (Å²) >= 11 is 0. The molecule has 5 nitrogen and oxygen atoms in total. The lowest BCUT2D eigenvalue weighted by atomic mass is 10.1. The molecule has 5 heteroatoms. The van der Waals surface area contributed by atoms with Gasteiger partial charge in [-0.2, -0.15) is 0 Å². The van der Waals surface area contributed by atoms with Crippen LogP contribution in [0.25, 0.3) is 10.8 Å². The van der Waals surface area contributed by atoms with Crippen LogP contribution >= 0.6 is 0 Å². The maximum absolute atomic E-state index is 11.6. The first kappa shape index (κ1) is 10.4. The molecular weight excluding hydrogens is 204 g/mol. The topological polar surface area (TPSA) is 66.9 Å². The molecule has 2 rings (SSSR count). The lowest BCUT2D eigenvalue weighted by molar-refractivity contribution is 0.0964. The quantitative estimate of drug-likeness (QED) is 0.786. The molecule has 2 aromatic heterocycles. The standard InChI is InChI=1S/C11H12N4O/c1-12-10-8-5-14-4-3-7(8)9(6-15-10)11(16)13-2/h3-6H,1-2H3,(H,12,15)(H,13,16). The molecule has 0 saturated carbocycles. The third kappa shape index (κ3) is 1.56. The second-order valence-corrected chi connectivity index (χ2v) is 3.27. The van der Waals surface area contributed by atoms with Crippen LogP contribution in [-0.2, 0) is 0 Å². The predicted molar refractivity (Wildman–Crippen MR) is 62.5 cm³/mol. The van der Waals surface area contributed by atoms with Crippen molar-refractivity contribution in [3.8, 4) is 0 Å². The van der Waals surface area contributed by atoms with E-state index in [-0.39, 0.29) is 5.91 Å². The third-order valence-electron chi connectivity index (χ3n) is 2.40. The summed E-state index contributed by atoms with van der Waals surface area (Å²) in [5, 5.41) is 7.24. The van der Waals surface area contributed by atoms with Crippen molar-refractivity contribution in [3.63, 3.8) is 0 Å². The molecule has 0 spiro atoms. The fourth-order valence-corrected chi connectivity index (χ4v) is 1.60. The van der Waals surface area contributed by atoms with Gasteiger partial charge < -0.3 is 10.6 Å². The number of rotatable bonds is 2. The number of carbonyl (C=O) groups excluding carboxylic acids is 1. The highest BCUT2D eigenvalue weighted by atomic mass is 16.1. The molecule has 0 bridgehead atoms. The van der Waals surface area contributed by atoms with E-state index in [0.717, 1.165) is 16.6 Å². The monoisotopic (exact) mass is 216 g/mol. The molecule has 82 valence electrons. The Morgan fingerprint density at radius 1 is 1.25 bits per heavy atom. The average molecular weight is 216 g/mol. The number of nitrogens with zero attached hydrogens (tertiary/aromatic N) is 2. The Bertz CT molecular complexity index is 538. The summed E-state index contributed by atoms with van der Waals surface area (Å²) in [6.45, 7) is 0. The first-order valence-corrected chi connectivity index (χ1v) is 4.90. The average Bonchev–Trinajstić information content (AvgIpc) is 2.36. The van der Waals surface area contributed by atoms with Crippen LogP contribution in [0, 0.1) is 0 Å². The molecular formula is C11H12N4O. The number of hydrogen-bond acceptors (Lipinski definition) is 4. The number of amides is 1. The smallest absolute Gasteiger partial charge is 0.253 e. The molecule has 0 aliphatic heterocycles. The SMILES string of the molecule is CNC(=O)c1cnc(NC)c2cnccc12. The first-order chi connectivity index (χ1) is 7.77. The molecule has 0 saturated heterocycles. The zero-order valence-corrected chi connectivity index (χ0v) is 9.11. The van der Waals surface area contributed by atoms with E-state index in [1.165, 1.54) is 0 Å². The van der Waals surface area contributed by atoms with Crippen molar-refractivity contribution in [3.05, 3.63) is 30.2 Å². The Kier molecular flexibility index (Phi) is 2.68. The van der Waals surface area contributed by atoms with E-state index in [0.29, 0.717) is 5.56 Å². The van der Waals surface area contributed by atoms with E-state index >= 15 is 0 Å². The van der Waals surface area contributed by atoms with Gasteiger partial charge in [0, 0.05) is 43.5 Å². The van der Waals surface area contributed by atoms with Gasteiger partial charge in [-0.1, -0.05) is 0 Å². The summed E-state index contributed by atoms with van der Waals surface area (Å²) < 4.78 is 0. The fraction of sp³-hybridized carbons (Fsp3) is 0.182. The number of fused-ring (bicyclic) bond motifs is 1. The molecule has 0 aliphatic carbocycles. The number of aromatic nitrogens is 2. The van der Waals surface area contributed by atoms with Gasteiger partial charge in [-0.05, 0) is 6.07 Å². The molecule has 0 radical (unpaired) electrons. The van der Waals surface area contributed by atoms with Gasteiger partial charge in [0.25, 0.3) is 5.91 Å². The van der Waals surface area contributed by atoms with Crippen molar-refractivity contribution in [1.29, 1.82) is 0 Å². The summed E-state index contributed by atoms with van der Waals surface area (Å²) in [6, 6.07) is 1.81. The zero-order chi connectivity index (χ0) is 11.5. The van der Waals surface area contributed by atoms with E-state index in [2.05, 4.69) is 20.6 Å². The number of pyridine rings is 2. The van der Waals surface area contributed by atoms with E-state index in [4.69, 9.17) is 0 Å². The van der Waals surface area contributed by atoms with Crippen molar-refractivity contribution in [1.82, 2.24) is 15.3 Å². The normalized spacial score (nSPS) is 10.1. The summed E-state index contributed by atoms with van der Waals surface area (Å²) in [7, 11) is 3.38. The molecule has 1 amide bonds. The Balaban J connectivity index is 2.74. The Morgan fingerprint density at radius 2 is 2.06 bits per heavy atom. The van der Waals surface area contributed by atoms with Crippen LogP contribution < -0.4 is 10.6 Å². The van der Waals surface area contributed by atoms with Crippen LogP contribution in [-0.4, -0.2) is 30.0 Å². The molecule has 2 heterocycles. The number of hydrogen-bond donors (Lipinski definition) is 2. The van der Waals surface area contributed by atoms with Gasteiger partial charge in [0.1, 0.15) is 5.82 Å². The molecule has 2 aromatic rings. The van der Waals surface area contributed by atoms with Crippen molar-refractivity contribution in [2.75, 3.05) is 19.4 Å². The highest BCUT2D eigenvalue weighted by molar-refractivity contribution is 6.08. The van der Waals surface area contributed by atoms with Crippen LogP contribution in [0.2, 0.25) is 0 Å². The Hall–Kier alpha value is -2.17. The minimum atomic E-state index is -0.147. The Labute approximate surface area is 92.9 Å². The van der Waals surface area contributed by atoms with Gasteiger partial charge in [-0.15, -0.1) is 0 Å². The summed E-state index contributed by atoms with van der Waals surface area (Å²) in [6.07, 6.45) is 4.92. The lowest BCUT2D eigenvalue weighted by Gasteiger charge is -2.08. The molecule has 0 atom stereocenters. The van der Waals surface area contributed by atoms with Gasteiger partial charge in [-0.3, -0.25) is 9.78 Å². The van der Waals surface area contributed by atoms with Crippen LogP contribution in [0.3, 0.4) is 0 Å². The summed E-state index contributed by atoms with van der Waals surface area (Å²) in [5.41, 5.74) is 0.555. The zero-order valence-electron chi connectivity index (χ0n) is 9.11. The molecule has 16 heavy (non-hydrogen) atoms. The minimum Gasteiger partial charge on any atom is -0.373 e. The third-order valence-corrected chi connectivity index (χ3v) is 2.40. The molecule has 0 aliphatic rings. The van der Waals surface area contributed by atoms with Crippen LogP contribution in [0.5, 0.6) is 0 Å². The lowest BCUT2D eigenvalue weighted by Crippen LogP contribution is -2.18. The summed E-state index contributed by atoms with van der Waals surface area (Å²) in [5.74, 6) is 0.571. The van der Waals surface area contributed by atoms with Gasteiger partial charge >= 0.3 is 0 Å². The Morgan fingerprint density at radius 3 is 2.75 bits per heavy atom. The van der Waals surface area contributed by atoms with Gasteiger partial charge in [0.2, 0.25) is 0 Å². The van der Waals surface area contributed by atoms with Gasteiger partial charge in [-0.25, -0.2) is 4.98 Å². The number of nitrogens with one attached hydrogen (secondary N) is 2. The van der Waals surface area contributed by atoms with Crippen molar-refractivity contribution in [2.24, 2.45) is 0 Å². The van der Waals surface area contributed by atoms with Crippen LogP contribution in [0.15, 0.2) is 24.7 Å². The fourth-order valence-electron chi connectivity index (χ4n) is 1.60. The van der Waals surface area contributed by atoms with Crippen molar-refractivity contribution < 1.29 is 4.79 Å². The maximum Gasteiger partial charge on any atom is 0.253 e. The van der Waals surface area contributed by atoms with E-state index in [1.807, 2.05) is 6.07 Å². The minimum absolute atomic E-state index is 0.147. The van der Waals surface area contributed by atoms with Gasteiger partial charge in [0.15, 0.2) is 0 Å². The van der Waals surface area contributed by atoms with Gasteiger partial charge in [0.05, 0.1) is 5.56 Å². The van der Waals surface area contributed by atoms with Crippen LogP contribution in [0.1, 0.15) is 10.4 Å². The predicted octanol–water partition coefficient (Wildman–Crippen LogP) is 1.03. The molecule has 0 fully saturated rings. The second-order valence-electron chi connectivity index (χ2n) is 3.27. The highest BCUT2D eigenvalue weighted by Gasteiger charge is 2.11. The molecule has 0 unspecified atom stereocenters. The molecule has 0 aromatic carbocycles. The van der Waals surface area contributed by atoms with E-state index in [1.54, 1.807) is 32.7 Å². The molecule has 2 N–H and O–H groups in total. The number of carbonyl (C=O) groups is 1. The largest absolute Gasteiger partial charge is 0.373 e. The highest BCUT2D eigenvalue weighted by Crippen LogP contribution is 2.22. The summed E-state index contributed by atoms with van der Waals surface area (Å²) in [4.78, 5) is 19.9. The van der Waals surface area contributed by atoms with E-state index < -0.39 is 0 Å². The van der Waals surface area contributed by atoms with E-state index in [9.17, 15) is 4.79 Å². The van der Waals surface area contributed by atoms with Crippen molar-refractivity contribution >= 4 is 22.5 Å².